The van der Waals surface area contributed by atoms with Gasteiger partial charge in [0.15, 0.2) is 5.41 Å². The molecule has 2 aliphatic rings. The molecule has 3 heterocycles. The zero-order valence-electron chi connectivity index (χ0n) is 20.4. The van der Waals surface area contributed by atoms with Gasteiger partial charge in [-0.3, -0.25) is 9.78 Å². The Labute approximate surface area is 211 Å². The monoisotopic (exact) mass is 506 g/mol. The number of cyclic esters (lactones) is 1. The summed E-state index contributed by atoms with van der Waals surface area (Å²) in [6.07, 6.45) is 3.31. The lowest BCUT2D eigenvalue weighted by atomic mass is 9.56. The highest BCUT2D eigenvalue weighted by Gasteiger charge is 2.71. The molecule has 0 bridgehead atoms. The van der Waals surface area contributed by atoms with E-state index in [1.165, 1.54) is 6.92 Å². The van der Waals surface area contributed by atoms with E-state index in [4.69, 9.17) is 9.15 Å². The molecule has 3 aromatic rings. The fourth-order valence-corrected chi connectivity index (χ4v) is 5.78. The second-order valence-corrected chi connectivity index (χ2v) is 9.77. The van der Waals surface area contributed by atoms with Crippen molar-refractivity contribution in [2.75, 3.05) is 0 Å². The number of alkyl halides is 2. The predicted molar refractivity (Wildman–Crippen MR) is 128 cm³/mol. The molecule has 5 atom stereocenters. The van der Waals surface area contributed by atoms with Gasteiger partial charge in [0.2, 0.25) is 5.89 Å². The van der Waals surface area contributed by atoms with Gasteiger partial charge in [-0.2, -0.15) is 5.26 Å². The van der Waals surface area contributed by atoms with Crippen LogP contribution in [0.3, 0.4) is 0 Å². The molecular weight excluding hydrogens is 482 g/mol. The van der Waals surface area contributed by atoms with Crippen LogP contribution in [0, 0.1) is 36.0 Å². The minimum atomic E-state index is -3.26. The number of aromatic nitrogens is 3. The normalized spacial score (nSPS) is 28.6. The molecule has 0 amide bonds. The summed E-state index contributed by atoms with van der Waals surface area (Å²) in [5.41, 5.74) is 1.56. The van der Waals surface area contributed by atoms with Crippen LogP contribution < -0.4 is 5.76 Å². The molecule has 1 N–H and O–H groups in total. The Hall–Kier alpha value is -4.13. The number of halogens is 2. The Morgan fingerprint density at radius 1 is 1.22 bits per heavy atom. The molecule has 10 heteroatoms. The molecule has 0 unspecified atom stereocenters. The third kappa shape index (κ3) is 3.86. The first-order chi connectivity index (χ1) is 17.6. The number of carbonyl (C=O) groups is 1. The average Bonchev–Trinajstić information content (AvgIpc) is 3.40. The van der Waals surface area contributed by atoms with Gasteiger partial charge in [0.1, 0.15) is 12.2 Å². The van der Waals surface area contributed by atoms with E-state index < -0.39 is 53.3 Å². The maximum atomic E-state index is 15.4. The van der Waals surface area contributed by atoms with E-state index in [1.54, 1.807) is 31.3 Å². The molecule has 0 radical (unpaired) electrons. The lowest BCUT2D eigenvalue weighted by molar-refractivity contribution is -0.159. The summed E-state index contributed by atoms with van der Waals surface area (Å²) in [7, 11) is 0. The second-order valence-electron chi connectivity index (χ2n) is 9.77. The van der Waals surface area contributed by atoms with Gasteiger partial charge in [-0.1, -0.05) is 37.3 Å². The Kier molecular flexibility index (Phi) is 5.82. The van der Waals surface area contributed by atoms with Gasteiger partial charge < -0.3 is 9.15 Å². The largest absolute Gasteiger partial charge is 0.461 e. The topological polar surface area (TPSA) is 122 Å². The lowest BCUT2D eigenvalue weighted by Gasteiger charge is -2.46. The van der Waals surface area contributed by atoms with Gasteiger partial charge in [-0.15, -0.1) is 5.10 Å². The van der Waals surface area contributed by atoms with Crippen molar-refractivity contribution >= 4 is 12.0 Å². The summed E-state index contributed by atoms with van der Waals surface area (Å²) in [4.78, 5) is 29.1. The molecule has 0 spiro atoms. The molecule has 1 aliphatic carbocycles. The molecule has 2 fully saturated rings. The quantitative estimate of drug-likeness (QED) is 0.520. The number of benzene rings is 1. The maximum Gasteiger partial charge on any atom is 0.434 e. The standard InChI is InChI=1S/C27H24F2N4O4/c1-14-5-4-6-20(21(14)11-30)17-7-8-18(31-12-17)9-10-19-15(2)27(28,29)13-26(23-32-33-25(35)37-23)22(19)16(3)36-24(26)34/h4-10,12,15-16,19,22H,13H2,1-3H3,(H,33,35)/t15-,16+,19-,22-,26+/m0/s1. The number of ether oxygens (including phenoxy) is 1. The molecule has 37 heavy (non-hydrogen) atoms. The fourth-order valence-electron chi connectivity index (χ4n) is 5.78. The van der Waals surface area contributed by atoms with E-state index in [2.05, 4.69) is 21.3 Å². The van der Waals surface area contributed by atoms with Crippen LogP contribution in [-0.4, -0.2) is 33.2 Å². The molecule has 190 valence electrons. The molecular formula is C27H24F2N4O4. The highest BCUT2D eigenvalue weighted by Crippen LogP contribution is 2.59. The predicted octanol–water partition coefficient (Wildman–Crippen LogP) is 4.41. The fraction of sp³-hybridized carbons (Fsp3) is 0.370. The first kappa shape index (κ1) is 24.6. The van der Waals surface area contributed by atoms with Gasteiger partial charge >= 0.3 is 11.7 Å². The number of nitriles is 1. The summed E-state index contributed by atoms with van der Waals surface area (Å²) in [6.45, 7) is 4.95. The summed E-state index contributed by atoms with van der Waals surface area (Å²) in [5.74, 6) is -8.12. The Balaban J connectivity index is 1.51. The molecule has 1 saturated carbocycles. The van der Waals surface area contributed by atoms with Gasteiger partial charge in [-0.05, 0) is 37.5 Å². The number of hydrogen-bond donors (Lipinski definition) is 1. The zero-order chi connectivity index (χ0) is 26.5. The third-order valence-electron chi connectivity index (χ3n) is 7.70. The van der Waals surface area contributed by atoms with E-state index in [9.17, 15) is 14.9 Å². The van der Waals surface area contributed by atoms with Crippen molar-refractivity contribution in [2.24, 2.45) is 17.8 Å². The number of aryl methyl sites for hydroxylation is 1. The molecule has 2 aromatic heterocycles. The Morgan fingerprint density at radius 2 is 2.00 bits per heavy atom. The lowest BCUT2D eigenvalue weighted by Crippen LogP contribution is -2.56. The third-order valence-corrected chi connectivity index (χ3v) is 7.70. The zero-order valence-corrected chi connectivity index (χ0v) is 20.4. The second kappa shape index (κ2) is 8.76. The van der Waals surface area contributed by atoms with Gasteiger partial charge in [0.05, 0.1) is 11.3 Å². The summed E-state index contributed by atoms with van der Waals surface area (Å²) < 4.78 is 41.2. The number of aromatic amines is 1. The number of rotatable bonds is 4. The molecule has 1 aromatic carbocycles. The molecule has 5 rings (SSSR count). The number of nitrogens with zero attached hydrogens (tertiary/aromatic N) is 3. The van der Waals surface area contributed by atoms with Crippen molar-refractivity contribution in [3.05, 3.63) is 75.9 Å². The van der Waals surface area contributed by atoms with Crippen molar-refractivity contribution in [1.29, 1.82) is 5.26 Å². The van der Waals surface area contributed by atoms with Crippen LogP contribution in [0.5, 0.6) is 0 Å². The van der Waals surface area contributed by atoms with E-state index >= 15 is 8.78 Å². The van der Waals surface area contributed by atoms with Crippen molar-refractivity contribution in [3.63, 3.8) is 0 Å². The minimum absolute atomic E-state index is 0.379. The van der Waals surface area contributed by atoms with E-state index in [-0.39, 0.29) is 5.89 Å². The molecule has 8 nitrogen and oxygen atoms in total. The smallest absolute Gasteiger partial charge is 0.434 e. The SMILES string of the molecule is Cc1cccc(-c2ccc(C=C[C@@H]3[C@@H]4[C@@H](C)OC(=O)[C@]4(c4n[nH]c(=O)o4)CC(F)(F)[C@H]3C)nc2)c1C#N. The summed E-state index contributed by atoms with van der Waals surface area (Å²) in [5, 5.41) is 15.4. The number of hydrogen-bond acceptors (Lipinski definition) is 7. The number of esters is 1. The van der Waals surface area contributed by atoms with Crippen LogP contribution >= 0.6 is 0 Å². The average molecular weight is 507 g/mol. The first-order valence-corrected chi connectivity index (χ1v) is 11.9. The van der Waals surface area contributed by atoms with Crippen LogP contribution in [0.1, 0.15) is 43.0 Å². The van der Waals surface area contributed by atoms with E-state index in [0.717, 1.165) is 16.7 Å². The molecule has 1 aliphatic heterocycles. The summed E-state index contributed by atoms with van der Waals surface area (Å²) in [6, 6.07) is 11.3. The Morgan fingerprint density at radius 3 is 2.65 bits per heavy atom. The highest BCUT2D eigenvalue weighted by atomic mass is 19.3. The van der Waals surface area contributed by atoms with E-state index in [0.29, 0.717) is 11.3 Å². The number of carbonyl (C=O) groups excluding carboxylic acids is 1. The van der Waals surface area contributed by atoms with Gasteiger partial charge in [-0.25, -0.2) is 18.7 Å². The number of nitrogens with one attached hydrogen (secondary N) is 1. The maximum absolute atomic E-state index is 15.4. The Bertz CT molecular complexity index is 1490. The highest BCUT2D eigenvalue weighted by molar-refractivity contribution is 5.85. The number of fused-ring (bicyclic) bond motifs is 1. The van der Waals surface area contributed by atoms with E-state index in [1.807, 2.05) is 31.2 Å². The number of allylic oxidation sites excluding steroid dienone is 1. The van der Waals surface area contributed by atoms with Gasteiger partial charge in [0.25, 0.3) is 5.92 Å². The van der Waals surface area contributed by atoms with Crippen molar-refractivity contribution < 1.29 is 22.7 Å². The first-order valence-electron chi connectivity index (χ1n) is 11.9. The van der Waals surface area contributed by atoms with Gasteiger partial charge in [0, 0.05) is 35.6 Å². The van der Waals surface area contributed by atoms with Crippen molar-refractivity contribution in [3.8, 4) is 17.2 Å². The van der Waals surface area contributed by atoms with Crippen LogP contribution in [0.2, 0.25) is 0 Å². The summed E-state index contributed by atoms with van der Waals surface area (Å²) >= 11 is 0. The van der Waals surface area contributed by atoms with Crippen LogP contribution in [-0.2, 0) is 14.9 Å². The number of H-pyrrole nitrogens is 1. The van der Waals surface area contributed by atoms with Crippen LogP contribution in [0.15, 0.2) is 51.8 Å². The van der Waals surface area contributed by atoms with Crippen molar-refractivity contribution in [2.45, 2.75) is 44.6 Å². The number of pyridine rings is 1. The molecule has 1 saturated heterocycles. The minimum Gasteiger partial charge on any atom is -0.461 e. The van der Waals surface area contributed by atoms with Crippen LogP contribution in [0.25, 0.3) is 17.2 Å². The van der Waals surface area contributed by atoms with Crippen molar-refractivity contribution in [1.82, 2.24) is 15.2 Å². The van der Waals surface area contributed by atoms with Crippen LogP contribution in [0.4, 0.5) is 8.78 Å².